The molecule has 0 aliphatic heterocycles. The Morgan fingerprint density at radius 1 is 1.29 bits per heavy atom. The van der Waals surface area contributed by atoms with Crippen LogP contribution in [0.2, 0.25) is 0 Å². The van der Waals surface area contributed by atoms with Gasteiger partial charge in [-0.2, -0.15) is 0 Å². The Hall–Kier alpha value is -1.77. The van der Waals surface area contributed by atoms with Gasteiger partial charge in [0.15, 0.2) is 11.5 Å². The molecule has 0 aliphatic carbocycles. The molecule has 0 aliphatic rings. The van der Waals surface area contributed by atoms with Gasteiger partial charge < -0.3 is 9.40 Å². The largest absolute Gasteiger partial charge is 0.441 e. The van der Waals surface area contributed by atoms with Crippen LogP contribution in [0, 0.1) is 13.8 Å². The van der Waals surface area contributed by atoms with Crippen LogP contribution in [0.1, 0.15) is 11.6 Å². The number of oxazole rings is 1. The summed E-state index contributed by atoms with van der Waals surface area (Å²) >= 11 is 0. The number of H-pyrrole nitrogens is 1. The first-order chi connectivity index (χ1) is 6.74. The van der Waals surface area contributed by atoms with Gasteiger partial charge in [-0.15, -0.1) is 0 Å². The minimum Gasteiger partial charge on any atom is -0.441 e. The van der Waals surface area contributed by atoms with E-state index < -0.39 is 0 Å². The van der Waals surface area contributed by atoms with E-state index >= 15 is 0 Å². The zero-order valence-corrected chi connectivity index (χ0v) is 8.09. The predicted octanol–water partition coefficient (Wildman–Crippen LogP) is 2.93. The van der Waals surface area contributed by atoms with Gasteiger partial charge in [0.05, 0.1) is 0 Å². The minimum absolute atomic E-state index is 0.714. The summed E-state index contributed by atoms with van der Waals surface area (Å²) < 4.78 is 5.46. The van der Waals surface area contributed by atoms with Crippen molar-refractivity contribution in [2.24, 2.45) is 0 Å². The summed E-state index contributed by atoms with van der Waals surface area (Å²) in [4.78, 5) is 7.65. The monoisotopic (exact) mass is 186 g/mol. The highest BCUT2D eigenvalue weighted by Crippen LogP contribution is 2.25. The number of hydrogen-bond acceptors (Lipinski definition) is 2. The first-order valence-electron chi connectivity index (χ1n) is 4.59. The zero-order valence-electron chi connectivity index (χ0n) is 8.09. The molecule has 0 atom stereocenters. The third kappa shape index (κ3) is 0.894. The SMILES string of the molecule is Cc1cc2c(ccc3oc(C)nc32)[nH]1. The molecular weight excluding hydrogens is 176 g/mol. The van der Waals surface area contributed by atoms with Gasteiger partial charge in [0, 0.05) is 23.5 Å². The lowest BCUT2D eigenvalue weighted by Gasteiger charge is -1.88. The van der Waals surface area contributed by atoms with Gasteiger partial charge in [0.2, 0.25) is 0 Å². The van der Waals surface area contributed by atoms with Crippen molar-refractivity contribution in [3.8, 4) is 0 Å². The maximum atomic E-state index is 5.46. The molecule has 2 heterocycles. The molecule has 1 aromatic carbocycles. The van der Waals surface area contributed by atoms with E-state index in [1.54, 1.807) is 0 Å². The number of aromatic amines is 1. The lowest BCUT2D eigenvalue weighted by Crippen LogP contribution is -1.71. The van der Waals surface area contributed by atoms with Crippen LogP contribution in [0.3, 0.4) is 0 Å². The van der Waals surface area contributed by atoms with Crippen LogP contribution in [0.15, 0.2) is 22.6 Å². The fourth-order valence-electron chi connectivity index (χ4n) is 1.85. The lowest BCUT2D eigenvalue weighted by molar-refractivity contribution is 0.561. The molecule has 3 aromatic rings. The van der Waals surface area contributed by atoms with Gasteiger partial charge in [0.25, 0.3) is 0 Å². The number of rotatable bonds is 0. The summed E-state index contributed by atoms with van der Waals surface area (Å²) in [6, 6.07) is 6.07. The van der Waals surface area contributed by atoms with Crippen molar-refractivity contribution >= 4 is 22.0 Å². The average Bonchev–Trinajstić information content (AvgIpc) is 2.65. The third-order valence-corrected chi connectivity index (χ3v) is 2.40. The molecule has 0 saturated carbocycles. The number of aryl methyl sites for hydroxylation is 2. The second-order valence-electron chi connectivity index (χ2n) is 3.56. The van der Waals surface area contributed by atoms with Crippen molar-refractivity contribution in [1.82, 2.24) is 9.97 Å². The van der Waals surface area contributed by atoms with Crippen molar-refractivity contribution in [3.63, 3.8) is 0 Å². The maximum Gasteiger partial charge on any atom is 0.192 e. The smallest absolute Gasteiger partial charge is 0.192 e. The van der Waals surface area contributed by atoms with Crippen molar-refractivity contribution in [2.45, 2.75) is 13.8 Å². The van der Waals surface area contributed by atoms with E-state index in [2.05, 4.69) is 16.0 Å². The molecule has 0 saturated heterocycles. The van der Waals surface area contributed by atoms with Crippen LogP contribution >= 0.6 is 0 Å². The number of aromatic nitrogens is 2. The highest BCUT2D eigenvalue weighted by molar-refractivity contribution is 6.02. The van der Waals surface area contributed by atoms with E-state index in [0.717, 1.165) is 27.7 Å². The van der Waals surface area contributed by atoms with Gasteiger partial charge in [-0.05, 0) is 25.1 Å². The molecule has 0 bridgehead atoms. The molecule has 1 N–H and O–H groups in total. The molecular formula is C11H10N2O. The highest BCUT2D eigenvalue weighted by Gasteiger charge is 2.07. The molecule has 0 fully saturated rings. The van der Waals surface area contributed by atoms with Crippen molar-refractivity contribution in [2.75, 3.05) is 0 Å². The summed E-state index contributed by atoms with van der Waals surface area (Å²) in [5, 5.41) is 1.14. The number of nitrogens with zero attached hydrogens (tertiary/aromatic N) is 1. The summed E-state index contributed by atoms with van der Waals surface area (Å²) in [6.07, 6.45) is 0. The molecule has 0 spiro atoms. The molecule has 3 heteroatoms. The lowest BCUT2D eigenvalue weighted by atomic mass is 10.2. The topological polar surface area (TPSA) is 41.8 Å². The quantitative estimate of drug-likeness (QED) is 0.586. The summed E-state index contributed by atoms with van der Waals surface area (Å²) in [5.74, 6) is 0.714. The Balaban J connectivity index is 2.58. The van der Waals surface area contributed by atoms with Crippen LogP contribution in [0.25, 0.3) is 22.0 Å². The number of hydrogen-bond donors (Lipinski definition) is 1. The summed E-state index contributed by atoms with van der Waals surface area (Å²) in [5.41, 5.74) is 4.06. The number of nitrogens with one attached hydrogen (secondary N) is 1. The van der Waals surface area contributed by atoms with Crippen LogP contribution < -0.4 is 0 Å². The van der Waals surface area contributed by atoms with E-state index in [9.17, 15) is 0 Å². The van der Waals surface area contributed by atoms with E-state index in [4.69, 9.17) is 4.42 Å². The Kier molecular flexibility index (Phi) is 1.29. The summed E-state index contributed by atoms with van der Waals surface area (Å²) in [6.45, 7) is 3.91. The molecule has 14 heavy (non-hydrogen) atoms. The van der Waals surface area contributed by atoms with Gasteiger partial charge in [-0.1, -0.05) is 0 Å². The zero-order chi connectivity index (χ0) is 9.71. The fraction of sp³-hybridized carbons (Fsp3) is 0.182. The van der Waals surface area contributed by atoms with E-state index in [-0.39, 0.29) is 0 Å². The number of benzene rings is 1. The molecule has 0 radical (unpaired) electrons. The highest BCUT2D eigenvalue weighted by atomic mass is 16.3. The Morgan fingerprint density at radius 3 is 3.00 bits per heavy atom. The van der Waals surface area contributed by atoms with Gasteiger partial charge in [0.1, 0.15) is 5.52 Å². The Bertz CT molecular complexity index is 563. The third-order valence-electron chi connectivity index (χ3n) is 2.40. The van der Waals surface area contributed by atoms with E-state index in [0.29, 0.717) is 5.89 Å². The fourth-order valence-corrected chi connectivity index (χ4v) is 1.85. The first-order valence-corrected chi connectivity index (χ1v) is 4.59. The first kappa shape index (κ1) is 7.62. The molecule has 0 unspecified atom stereocenters. The van der Waals surface area contributed by atoms with Crippen LogP contribution in [0.5, 0.6) is 0 Å². The van der Waals surface area contributed by atoms with Crippen LogP contribution in [-0.4, -0.2) is 9.97 Å². The Morgan fingerprint density at radius 2 is 2.14 bits per heavy atom. The average molecular weight is 186 g/mol. The second-order valence-corrected chi connectivity index (χ2v) is 3.56. The van der Waals surface area contributed by atoms with Crippen LogP contribution in [-0.2, 0) is 0 Å². The van der Waals surface area contributed by atoms with Gasteiger partial charge >= 0.3 is 0 Å². The van der Waals surface area contributed by atoms with E-state index in [1.165, 1.54) is 0 Å². The molecule has 3 nitrogen and oxygen atoms in total. The molecule has 70 valence electrons. The molecule has 3 rings (SSSR count). The Labute approximate surface area is 80.7 Å². The van der Waals surface area contributed by atoms with Gasteiger partial charge in [-0.3, -0.25) is 0 Å². The van der Waals surface area contributed by atoms with Gasteiger partial charge in [-0.25, -0.2) is 4.98 Å². The van der Waals surface area contributed by atoms with Crippen molar-refractivity contribution < 1.29 is 4.42 Å². The molecule has 2 aromatic heterocycles. The predicted molar refractivity (Wildman–Crippen MR) is 55.3 cm³/mol. The van der Waals surface area contributed by atoms with Crippen molar-refractivity contribution in [1.29, 1.82) is 0 Å². The standard InChI is InChI=1S/C11H10N2O/c1-6-5-8-9(12-6)3-4-10-11(8)13-7(2)14-10/h3-5,12H,1-2H3. The second kappa shape index (κ2) is 2.38. The molecule has 0 amide bonds. The van der Waals surface area contributed by atoms with E-state index in [1.807, 2.05) is 26.0 Å². The minimum atomic E-state index is 0.714. The van der Waals surface area contributed by atoms with Crippen molar-refractivity contribution in [3.05, 3.63) is 29.8 Å². The maximum absolute atomic E-state index is 5.46. The summed E-state index contributed by atoms with van der Waals surface area (Å²) in [7, 11) is 0. The normalized spacial score (nSPS) is 11.6. The van der Waals surface area contributed by atoms with Crippen LogP contribution in [0.4, 0.5) is 0 Å². The number of fused-ring (bicyclic) bond motifs is 3.